The summed E-state index contributed by atoms with van der Waals surface area (Å²) in [5, 5.41) is 6.34. The highest BCUT2D eigenvalue weighted by atomic mass is 16.1. The number of nitrogens with one attached hydrogen (secondary N) is 1. The van der Waals surface area contributed by atoms with E-state index in [1.54, 1.807) is 6.07 Å². The van der Waals surface area contributed by atoms with Crippen LogP contribution in [0.15, 0.2) is 16.9 Å². The molecule has 6 nitrogen and oxygen atoms in total. The van der Waals surface area contributed by atoms with Crippen LogP contribution in [0.1, 0.15) is 12.8 Å². The lowest BCUT2D eigenvalue weighted by atomic mass is 9.96. The highest BCUT2D eigenvalue weighted by Crippen LogP contribution is 2.20. The molecule has 3 N–H and O–H groups in total. The molecule has 1 fully saturated rings. The van der Waals surface area contributed by atoms with Crippen LogP contribution in [-0.4, -0.2) is 29.2 Å². The van der Waals surface area contributed by atoms with E-state index in [1.165, 1.54) is 6.07 Å². The molecule has 1 aliphatic rings. The second-order valence-corrected chi connectivity index (χ2v) is 3.94. The standard InChI is InChI=1S/C10H14N4O2/c11-10(16)7-3-5-14(6-4-7)8-1-2-9(15)13-12-8/h1-2,7H,3-6H2,(H2,11,16)(H,13,15). The lowest BCUT2D eigenvalue weighted by molar-refractivity contribution is -0.122. The van der Waals surface area contributed by atoms with Crippen LogP contribution in [0.2, 0.25) is 0 Å². The number of piperidine rings is 1. The summed E-state index contributed by atoms with van der Waals surface area (Å²) >= 11 is 0. The van der Waals surface area contributed by atoms with Gasteiger partial charge in [0.2, 0.25) is 5.91 Å². The van der Waals surface area contributed by atoms with E-state index in [9.17, 15) is 9.59 Å². The van der Waals surface area contributed by atoms with Crippen molar-refractivity contribution in [2.45, 2.75) is 12.8 Å². The van der Waals surface area contributed by atoms with Crippen molar-refractivity contribution < 1.29 is 4.79 Å². The first-order chi connectivity index (χ1) is 7.66. The van der Waals surface area contributed by atoms with Gasteiger partial charge in [-0.05, 0) is 18.9 Å². The van der Waals surface area contributed by atoms with Gasteiger partial charge in [0.25, 0.3) is 5.56 Å². The SMILES string of the molecule is NC(=O)C1CCN(c2ccc(=O)[nH]n2)CC1. The van der Waals surface area contributed by atoms with Gasteiger partial charge in [-0.15, -0.1) is 0 Å². The molecule has 0 radical (unpaired) electrons. The first-order valence-corrected chi connectivity index (χ1v) is 5.27. The van der Waals surface area contributed by atoms with Crippen LogP contribution in [0.25, 0.3) is 0 Å². The van der Waals surface area contributed by atoms with Crippen molar-refractivity contribution in [3.05, 3.63) is 22.5 Å². The number of aromatic nitrogens is 2. The van der Waals surface area contributed by atoms with Gasteiger partial charge in [0, 0.05) is 25.1 Å². The maximum Gasteiger partial charge on any atom is 0.264 e. The van der Waals surface area contributed by atoms with Crippen molar-refractivity contribution in [2.24, 2.45) is 11.7 Å². The van der Waals surface area contributed by atoms with E-state index >= 15 is 0 Å². The molecular weight excluding hydrogens is 208 g/mol. The topological polar surface area (TPSA) is 92.1 Å². The number of amides is 1. The monoisotopic (exact) mass is 222 g/mol. The van der Waals surface area contributed by atoms with Crippen LogP contribution < -0.4 is 16.2 Å². The zero-order valence-electron chi connectivity index (χ0n) is 8.85. The average Bonchev–Trinajstić information content (AvgIpc) is 2.30. The third-order valence-electron chi connectivity index (χ3n) is 2.89. The number of hydrogen-bond acceptors (Lipinski definition) is 4. The van der Waals surface area contributed by atoms with Crippen LogP contribution in [-0.2, 0) is 4.79 Å². The van der Waals surface area contributed by atoms with Crippen molar-refractivity contribution in [3.8, 4) is 0 Å². The summed E-state index contributed by atoms with van der Waals surface area (Å²) in [7, 11) is 0. The Hall–Kier alpha value is -1.85. The van der Waals surface area contributed by atoms with Gasteiger partial charge in [0.05, 0.1) is 0 Å². The molecule has 0 unspecified atom stereocenters. The highest BCUT2D eigenvalue weighted by Gasteiger charge is 2.23. The molecule has 1 aromatic heterocycles. The lowest BCUT2D eigenvalue weighted by Gasteiger charge is -2.30. The molecule has 2 heterocycles. The zero-order chi connectivity index (χ0) is 11.5. The van der Waals surface area contributed by atoms with Gasteiger partial charge in [-0.1, -0.05) is 0 Å². The average molecular weight is 222 g/mol. The van der Waals surface area contributed by atoms with E-state index in [0.717, 1.165) is 31.7 Å². The normalized spacial score (nSPS) is 17.4. The summed E-state index contributed by atoms with van der Waals surface area (Å²) in [6, 6.07) is 3.13. The molecule has 86 valence electrons. The van der Waals surface area contributed by atoms with Crippen LogP contribution in [0.3, 0.4) is 0 Å². The predicted octanol–water partition coefficient (Wildman–Crippen LogP) is -0.528. The molecule has 6 heteroatoms. The van der Waals surface area contributed by atoms with E-state index in [2.05, 4.69) is 10.2 Å². The molecule has 1 amide bonds. The van der Waals surface area contributed by atoms with Crippen molar-refractivity contribution in [1.82, 2.24) is 10.2 Å². The van der Waals surface area contributed by atoms with Gasteiger partial charge in [-0.3, -0.25) is 9.59 Å². The van der Waals surface area contributed by atoms with Gasteiger partial charge in [0.15, 0.2) is 0 Å². The molecule has 0 spiro atoms. The highest BCUT2D eigenvalue weighted by molar-refractivity contribution is 5.76. The fourth-order valence-electron chi connectivity index (χ4n) is 1.91. The number of H-pyrrole nitrogens is 1. The molecule has 1 aromatic rings. The molecule has 0 atom stereocenters. The fraction of sp³-hybridized carbons (Fsp3) is 0.500. The molecule has 0 aromatic carbocycles. The molecule has 1 aliphatic heterocycles. The first kappa shape index (κ1) is 10.7. The number of nitrogens with two attached hydrogens (primary N) is 1. The van der Waals surface area contributed by atoms with Crippen LogP contribution in [0.5, 0.6) is 0 Å². The number of anilines is 1. The summed E-state index contributed by atoms with van der Waals surface area (Å²) in [4.78, 5) is 23.9. The quantitative estimate of drug-likeness (QED) is 0.703. The van der Waals surface area contributed by atoms with Crippen LogP contribution in [0.4, 0.5) is 5.82 Å². The smallest absolute Gasteiger partial charge is 0.264 e. The zero-order valence-corrected chi connectivity index (χ0v) is 8.85. The number of primary amides is 1. The van der Waals surface area contributed by atoms with Gasteiger partial charge in [-0.25, -0.2) is 5.10 Å². The van der Waals surface area contributed by atoms with Crippen molar-refractivity contribution in [3.63, 3.8) is 0 Å². The molecule has 0 saturated carbocycles. The predicted molar refractivity (Wildman–Crippen MR) is 59.0 cm³/mol. The van der Waals surface area contributed by atoms with E-state index in [4.69, 9.17) is 5.73 Å². The van der Waals surface area contributed by atoms with Gasteiger partial charge < -0.3 is 10.6 Å². The van der Waals surface area contributed by atoms with Gasteiger partial charge in [-0.2, -0.15) is 5.10 Å². The molecule has 1 saturated heterocycles. The molecule has 2 rings (SSSR count). The Labute approximate surface area is 92.4 Å². The number of nitrogens with zero attached hydrogens (tertiary/aromatic N) is 2. The largest absolute Gasteiger partial charge is 0.369 e. The Bertz CT molecular complexity index is 414. The Morgan fingerprint density at radius 2 is 2.12 bits per heavy atom. The van der Waals surface area contributed by atoms with E-state index in [-0.39, 0.29) is 17.4 Å². The minimum atomic E-state index is -0.228. The molecule has 16 heavy (non-hydrogen) atoms. The third-order valence-corrected chi connectivity index (χ3v) is 2.89. The summed E-state index contributed by atoms with van der Waals surface area (Å²) in [5.41, 5.74) is 5.04. The Morgan fingerprint density at radius 1 is 1.44 bits per heavy atom. The third kappa shape index (κ3) is 2.21. The van der Waals surface area contributed by atoms with E-state index in [1.807, 2.05) is 4.90 Å². The summed E-state index contributed by atoms with van der Waals surface area (Å²) in [5.74, 6) is 0.482. The van der Waals surface area contributed by atoms with Gasteiger partial charge >= 0.3 is 0 Å². The minimum absolute atomic E-state index is 0.0287. The molecule has 0 aliphatic carbocycles. The van der Waals surface area contributed by atoms with E-state index < -0.39 is 0 Å². The second-order valence-electron chi connectivity index (χ2n) is 3.94. The number of carbonyl (C=O) groups is 1. The number of aromatic amines is 1. The van der Waals surface area contributed by atoms with Crippen LogP contribution >= 0.6 is 0 Å². The maximum absolute atomic E-state index is 11.0. The summed E-state index contributed by atoms with van der Waals surface area (Å²) in [6.07, 6.45) is 1.49. The fourth-order valence-corrected chi connectivity index (χ4v) is 1.91. The minimum Gasteiger partial charge on any atom is -0.369 e. The Kier molecular flexibility index (Phi) is 2.89. The summed E-state index contributed by atoms with van der Waals surface area (Å²) in [6.45, 7) is 1.49. The van der Waals surface area contributed by atoms with Gasteiger partial charge in [0.1, 0.15) is 5.82 Å². The first-order valence-electron chi connectivity index (χ1n) is 5.27. The van der Waals surface area contributed by atoms with Crippen molar-refractivity contribution in [1.29, 1.82) is 0 Å². The second kappa shape index (κ2) is 4.34. The number of carbonyl (C=O) groups excluding carboxylic acids is 1. The van der Waals surface area contributed by atoms with Crippen LogP contribution in [0, 0.1) is 5.92 Å². The van der Waals surface area contributed by atoms with Crippen molar-refractivity contribution in [2.75, 3.05) is 18.0 Å². The lowest BCUT2D eigenvalue weighted by Crippen LogP contribution is -2.39. The molecule has 0 bridgehead atoms. The maximum atomic E-state index is 11.0. The summed E-state index contributed by atoms with van der Waals surface area (Å²) < 4.78 is 0. The molecular formula is C10H14N4O2. The Morgan fingerprint density at radius 3 is 2.62 bits per heavy atom. The Balaban J connectivity index is 2.01. The number of rotatable bonds is 2. The van der Waals surface area contributed by atoms with E-state index in [0.29, 0.717) is 0 Å². The van der Waals surface area contributed by atoms with Crippen molar-refractivity contribution >= 4 is 11.7 Å². The number of hydrogen-bond donors (Lipinski definition) is 2.